The van der Waals surface area contributed by atoms with Gasteiger partial charge in [0.25, 0.3) is 5.56 Å². The minimum Gasteiger partial charge on any atom is -0.465 e. The number of benzene rings is 2. The zero-order valence-corrected chi connectivity index (χ0v) is 23.1. The van der Waals surface area contributed by atoms with Gasteiger partial charge in [-0.3, -0.25) is 14.4 Å². The van der Waals surface area contributed by atoms with Crippen molar-refractivity contribution in [2.24, 2.45) is 0 Å². The van der Waals surface area contributed by atoms with Crippen molar-refractivity contribution in [3.8, 4) is 11.5 Å². The van der Waals surface area contributed by atoms with Gasteiger partial charge in [0.2, 0.25) is 11.8 Å². The van der Waals surface area contributed by atoms with Gasteiger partial charge in [-0.2, -0.15) is 0 Å². The second-order valence-corrected chi connectivity index (χ2v) is 9.57. The molecule has 12 nitrogen and oxygen atoms in total. The first-order valence-corrected chi connectivity index (χ1v) is 13.0. The van der Waals surface area contributed by atoms with Crippen molar-refractivity contribution in [2.45, 2.75) is 25.4 Å². The molecule has 4 rings (SSSR count). The minimum absolute atomic E-state index is 0.0386. The van der Waals surface area contributed by atoms with Crippen LogP contribution in [-0.2, 0) is 16.1 Å². The molecule has 0 radical (unpaired) electrons. The highest BCUT2D eigenvalue weighted by Gasteiger charge is 2.21. The smallest absolute Gasteiger partial charge is 0.405 e. The number of anilines is 1. The fourth-order valence-electron chi connectivity index (χ4n) is 4.04. The summed E-state index contributed by atoms with van der Waals surface area (Å²) < 4.78 is 34.3. The number of amides is 3. The Hall–Kier alpha value is -5.53. The third kappa shape index (κ3) is 7.81. The molecule has 0 saturated carbocycles. The summed E-state index contributed by atoms with van der Waals surface area (Å²) in [7, 11) is 3.17. The lowest BCUT2D eigenvalue weighted by Crippen LogP contribution is -2.44. The van der Waals surface area contributed by atoms with Crippen molar-refractivity contribution in [3.05, 3.63) is 94.7 Å². The van der Waals surface area contributed by atoms with E-state index in [-0.39, 0.29) is 42.5 Å². The van der Waals surface area contributed by atoms with Crippen LogP contribution in [0, 0.1) is 11.6 Å². The number of carbonyl (C=O) groups excluding carboxylic acids is 2. The first-order chi connectivity index (χ1) is 20.5. The molecular weight excluding hydrogens is 566 g/mol. The van der Waals surface area contributed by atoms with E-state index in [4.69, 9.17) is 4.74 Å². The Morgan fingerprint density at radius 1 is 1.14 bits per heavy atom. The molecule has 224 valence electrons. The molecular formula is C29H28F2N6O6. The van der Waals surface area contributed by atoms with E-state index in [1.165, 1.54) is 39.9 Å². The van der Waals surface area contributed by atoms with Crippen molar-refractivity contribution in [2.75, 3.05) is 19.4 Å². The number of allylic oxidation sites excluding steroid dienone is 1. The van der Waals surface area contributed by atoms with Gasteiger partial charge in [-0.25, -0.2) is 18.6 Å². The second-order valence-electron chi connectivity index (χ2n) is 9.57. The van der Waals surface area contributed by atoms with Crippen LogP contribution in [0.4, 0.5) is 19.3 Å². The lowest BCUT2D eigenvalue weighted by atomic mass is 10.1. The summed E-state index contributed by atoms with van der Waals surface area (Å²) in [6.45, 7) is -0.0386. The highest BCUT2D eigenvalue weighted by Crippen LogP contribution is 2.30. The lowest BCUT2D eigenvalue weighted by molar-refractivity contribution is -0.123. The SMILES string of the molecule is CN(C)C(=O)/C=C/CCC(NC(=O)O)C(=O)Nc1cccn(Cc2nc3c(Oc4ccc(F)cc4F)cccc3[nH]2)c1=O. The van der Waals surface area contributed by atoms with Crippen molar-refractivity contribution in [1.29, 1.82) is 0 Å². The van der Waals surface area contributed by atoms with Crippen LogP contribution in [0.25, 0.3) is 11.0 Å². The fourth-order valence-corrected chi connectivity index (χ4v) is 4.04. The third-order valence-electron chi connectivity index (χ3n) is 6.17. The Bertz CT molecular complexity index is 1750. The number of nitrogens with one attached hydrogen (secondary N) is 3. The quantitative estimate of drug-likeness (QED) is 0.192. The van der Waals surface area contributed by atoms with Gasteiger partial charge in [-0.1, -0.05) is 12.1 Å². The highest BCUT2D eigenvalue weighted by molar-refractivity contribution is 5.96. The van der Waals surface area contributed by atoms with Crippen molar-refractivity contribution < 1.29 is 33.0 Å². The van der Waals surface area contributed by atoms with Crippen LogP contribution in [0.1, 0.15) is 18.7 Å². The van der Waals surface area contributed by atoms with Crippen molar-refractivity contribution in [1.82, 2.24) is 24.8 Å². The molecule has 4 aromatic rings. The Morgan fingerprint density at radius 3 is 2.65 bits per heavy atom. The van der Waals surface area contributed by atoms with Crippen LogP contribution in [0.5, 0.6) is 11.5 Å². The molecule has 4 N–H and O–H groups in total. The first-order valence-electron chi connectivity index (χ1n) is 13.0. The first kappa shape index (κ1) is 30.4. The molecule has 1 atom stereocenters. The zero-order valence-electron chi connectivity index (χ0n) is 23.1. The largest absolute Gasteiger partial charge is 0.465 e. The van der Waals surface area contributed by atoms with Gasteiger partial charge < -0.3 is 34.9 Å². The number of hydrogen-bond acceptors (Lipinski definition) is 6. The number of para-hydroxylation sites is 1. The summed E-state index contributed by atoms with van der Waals surface area (Å²) in [5, 5.41) is 13.8. The van der Waals surface area contributed by atoms with Crippen LogP contribution < -0.4 is 20.9 Å². The molecule has 0 saturated heterocycles. The minimum atomic E-state index is -1.42. The predicted molar refractivity (Wildman–Crippen MR) is 153 cm³/mol. The van der Waals surface area contributed by atoms with Gasteiger partial charge in [-0.05, 0) is 55.3 Å². The Balaban J connectivity index is 1.49. The van der Waals surface area contributed by atoms with Gasteiger partial charge in [0.15, 0.2) is 17.3 Å². The molecule has 1 unspecified atom stereocenters. The zero-order chi connectivity index (χ0) is 31.1. The molecule has 43 heavy (non-hydrogen) atoms. The number of aromatic amines is 1. The van der Waals surface area contributed by atoms with Crippen LogP contribution >= 0.6 is 0 Å². The van der Waals surface area contributed by atoms with E-state index in [2.05, 4.69) is 20.6 Å². The van der Waals surface area contributed by atoms with Crippen molar-refractivity contribution in [3.63, 3.8) is 0 Å². The van der Waals surface area contributed by atoms with Crippen LogP contribution in [0.3, 0.4) is 0 Å². The molecule has 2 aromatic heterocycles. The van der Waals surface area contributed by atoms with Crippen LogP contribution in [-0.4, -0.2) is 62.6 Å². The molecule has 0 spiro atoms. The average molecular weight is 595 g/mol. The van der Waals surface area contributed by atoms with Gasteiger partial charge in [0.05, 0.1) is 12.1 Å². The standard InChI is InChI=1S/C29H28F2N6O6/c1-36(2)25(38)11-4-3-7-20(34-29(41)42)27(39)33-21-9-6-14-37(28(21)40)16-24-32-19-8-5-10-23(26(19)35-24)43-22-13-12-17(30)15-18(22)31/h4-6,8-15,20,34H,3,7,16H2,1-2H3,(H,32,35)(H,33,39)(H,41,42)/b11-4+. The van der Waals surface area contributed by atoms with Gasteiger partial charge in [0, 0.05) is 26.4 Å². The maximum absolute atomic E-state index is 14.1. The number of hydrogen-bond donors (Lipinski definition) is 4. The number of carboxylic acid groups (broad SMARTS) is 1. The Morgan fingerprint density at radius 2 is 1.93 bits per heavy atom. The van der Waals surface area contributed by atoms with E-state index in [0.717, 1.165) is 12.1 Å². The Labute approximate surface area is 243 Å². The molecule has 0 aliphatic carbocycles. The summed E-state index contributed by atoms with van der Waals surface area (Å²) >= 11 is 0. The maximum atomic E-state index is 14.1. The van der Waals surface area contributed by atoms with Gasteiger partial charge in [-0.15, -0.1) is 0 Å². The summed E-state index contributed by atoms with van der Waals surface area (Å²) in [5.74, 6) is -2.26. The van der Waals surface area contributed by atoms with Crippen LogP contribution in [0.2, 0.25) is 0 Å². The summed E-state index contributed by atoms with van der Waals surface area (Å²) in [6, 6.07) is 9.58. The number of fused-ring (bicyclic) bond motifs is 1. The predicted octanol–water partition coefficient (Wildman–Crippen LogP) is 3.84. The van der Waals surface area contributed by atoms with E-state index in [0.29, 0.717) is 22.9 Å². The highest BCUT2D eigenvalue weighted by atomic mass is 19.1. The maximum Gasteiger partial charge on any atom is 0.405 e. The summed E-state index contributed by atoms with van der Waals surface area (Å²) in [6.07, 6.45) is 3.18. The number of aromatic nitrogens is 3. The van der Waals surface area contributed by atoms with Crippen LogP contribution in [0.15, 0.2) is 71.7 Å². The number of pyridine rings is 1. The fraction of sp³-hybridized carbons (Fsp3) is 0.207. The molecule has 0 bridgehead atoms. The number of halogens is 2. The summed E-state index contributed by atoms with van der Waals surface area (Å²) in [4.78, 5) is 57.9. The van der Waals surface area contributed by atoms with Gasteiger partial charge in [0.1, 0.15) is 28.9 Å². The molecule has 14 heteroatoms. The monoisotopic (exact) mass is 594 g/mol. The molecule has 0 aliphatic rings. The van der Waals surface area contributed by atoms with Gasteiger partial charge >= 0.3 is 6.09 Å². The molecule has 2 aromatic carbocycles. The topological polar surface area (TPSA) is 159 Å². The molecule has 0 aliphatic heterocycles. The van der Waals surface area contributed by atoms with E-state index in [1.807, 2.05) is 0 Å². The molecule has 0 fully saturated rings. The number of nitrogens with zero attached hydrogens (tertiary/aromatic N) is 3. The van der Waals surface area contributed by atoms with Crippen molar-refractivity contribution >= 4 is 34.6 Å². The number of likely N-dealkylation sites (N-methyl/N-ethyl adjacent to an activating group) is 1. The summed E-state index contributed by atoms with van der Waals surface area (Å²) in [5.41, 5.74) is 0.223. The number of carbonyl (C=O) groups is 3. The number of imidazole rings is 1. The average Bonchev–Trinajstić information content (AvgIpc) is 3.37. The number of ether oxygens (including phenoxy) is 1. The van der Waals surface area contributed by atoms with E-state index < -0.39 is 35.2 Å². The van der Waals surface area contributed by atoms with E-state index in [9.17, 15) is 33.1 Å². The third-order valence-corrected chi connectivity index (χ3v) is 6.17. The second kappa shape index (κ2) is 13.4. The van der Waals surface area contributed by atoms with E-state index >= 15 is 0 Å². The molecule has 3 amide bonds. The van der Waals surface area contributed by atoms with E-state index in [1.54, 1.807) is 32.3 Å². The molecule has 2 heterocycles. The normalized spacial score (nSPS) is 11.8. The Kier molecular flexibility index (Phi) is 9.50. The lowest BCUT2D eigenvalue weighted by Gasteiger charge is -2.16. The number of rotatable bonds is 11. The number of H-pyrrole nitrogens is 1.